The van der Waals surface area contributed by atoms with Crippen LogP contribution in [-0.4, -0.2) is 83.9 Å². The number of epoxide rings is 1. The fourth-order valence-corrected chi connectivity index (χ4v) is 4.14. The predicted octanol–water partition coefficient (Wildman–Crippen LogP) is 2.35. The smallest absolute Gasteiger partial charge is 0.342 e. The van der Waals surface area contributed by atoms with E-state index in [1.165, 1.54) is 0 Å². The summed E-state index contributed by atoms with van der Waals surface area (Å²) in [6.45, 7) is 3.36. The minimum Gasteiger partial charge on any atom is -0.507 e. The van der Waals surface area contributed by atoms with Gasteiger partial charge in [0, 0.05) is 32.0 Å². The van der Waals surface area contributed by atoms with E-state index in [-0.39, 0.29) is 47.3 Å². The van der Waals surface area contributed by atoms with Gasteiger partial charge in [-0.1, -0.05) is 35.0 Å². The molecule has 11 heteroatoms. The maximum Gasteiger partial charge on any atom is 0.342 e. The van der Waals surface area contributed by atoms with Crippen LogP contribution in [0.2, 0.25) is 5.02 Å². The largest absolute Gasteiger partial charge is 0.507 e. The van der Waals surface area contributed by atoms with E-state index in [1.807, 2.05) is 6.08 Å². The van der Waals surface area contributed by atoms with Gasteiger partial charge in [-0.15, -0.1) is 0 Å². The molecule has 35 heavy (non-hydrogen) atoms. The number of nitrogens with zero attached hydrogens (tertiary/aromatic N) is 2. The van der Waals surface area contributed by atoms with Gasteiger partial charge in [0.15, 0.2) is 6.61 Å². The molecule has 0 aliphatic carbocycles. The zero-order valence-electron chi connectivity index (χ0n) is 19.2. The summed E-state index contributed by atoms with van der Waals surface area (Å²) in [4.78, 5) is 32.3. The number of allylic oxidation sites excluding steroid dienone is 3. The van der Waals surface area contributed by atoms with Gasteiger partial charge in [-0.3, -0.25) is 4.79 Å². The van der Waals surface area contributed by atoms with Crippen LogP contribution < -0.4 is 0 Å². The number of ether oxygens (including phenoxy) is 3. The third kappa shape index (κ3) is 6.33. The van der Waals surface area contributed by atoms with Gasteiger partial charge in [-0.25, -0.2) is 4.79 Å². The van der Waals surface area contributed by atoms with Crippen LogP contribution in [0.1, 0.15) is 29.3 Å². The van der Waals surface area contributed by atoms with E-state index in [0.717, 1.165) is 6.07 Å². The van der Waals surface area contributed by atoms with Crippen molar-refractivity contribution in [3.63, 3.8) is 0 Å². The Balaban J connectivity index is 1.61. The lowest BCUT2D eigenvalue weighted by Crippen LogP contribution is -2.42. The number of benzene rings is 1. The Bertz CT molecular complexity index is 1060. The lowest BCUT2D eigenvalue weighted by molar-refractivity contribution is -0.140. The number of esters is 1. The van der Waals surface area contributed by atoms with Crippen LogP contribution in [-0.2, 0) is 30.3 Å². The van der Waals surface area contributed by atoms with Crippen LogP contribution in [0.4, 0.5) is 0 Å². The monoisotopic (exact) mass is 506 g/mol. The second kappa shape index (κ2) is 11.1. The molecule has 3 heterocycles. The molecular formula is C24H27ClN2O8. The Labute approximate surface area is 207 Å². The number of halogens is 1. The van der Waals surface area contributed by atoms with Crippen LogP contribution in [0.5, 0.6) is 11.5 Å². The molecule has 1 amide bonds. The highest BCUT2D eigenvalue weighted by atomic mass is 35.5. The van der Waals surface area contributed by atoms with Crippen LogP contribution >= 0.6 is 11.6 Å². The fourth-order valence-electron chi connectivity index (χ4n) is 3.93. The van der Waals surface area contributed by atoms with Crippen molar-refractivity contribution in [3.8, 4) is 11.5 Å². The molecule has 0 saturated carbocycles. The number of amides is 1. The Morgan fingerprint density at radius 2 is 2.03 bits per heavy atom. The summed E-state index contributed by atoms with van der Waals surface area (Å²) >= 11 is 6.32. The number of carbonyl (C=O) groups excluding carboxylic acids is 2. The van der Waals surface area contributed by atoms with Gasteiger partial charge in [-0.2, -0.15) is 0 Å². The minimum atomic E-state index is -0.788. The summed E-state index contributed by atoms with van der Waals surface area (Å²) in [6.07, 6.45) is 6.77. The first kappa shape index (κ1) is 25.0. The summed E-state index contributed by atoms with van der Waals surface area (Å²) in [5, 5.41) is 24.6. The Morgan fingerprint density at radius 1 is 1.26 bits per heavy atom. The van der Waals surface area contributed by atoms with E-state index in [0.29, 0.717) is 38.4 Å². The number of fused-ring (bicyclic) bond motifs is 2. The van der Waals surface area contributed by atoms with Crippen LogP contribution in [0.25, 0.3) is 0 Å². The molecule has 3 aliphatic rings. The molecule has 2 fully saturated rings. The number of phenols is 2. The molecule has 1 aromatic rings. The first-order valence-corrected chi connectivity index (χ1v) is 11.7. The van der Waals surface area contributed by atoms with Crippen molar-refractivity contribution in [3.05, 3.63) is 46.5 Å². The van der Waals surface area contributed by atoms with Gasteiger partial charge < -0.3 is 34.2 Å². The molecule has 3 aliphatic heterocycles. The number of oxime groups is 1. The van der Waals surface area contributed by atoms with Crippen molar-refractivity contribution >= 4 is 29.2 Å². The average Bonchev–Trinajstić information content (AvgIpc) is 3.56. The maximum absolute atomic E-state index is 12.9. The van der Waals surface area contributed by atoms with Gasteiger partial charge in [-0.05, 0) is 18.6 Å². The van der Waals surface area contributed by atoms with Crippen molar-refractivity contribution < 1.29 is 38.9 Å². The molecule has 188 valence electrons. The first-order chi connectivity index (χ1) is 16.8. The molecule has 0 radical (unpaired) electrons. The van der Waals surface area contributed by atoms with E-state index < -0.39 is 23.6 Å². The maximum atomic E-state index is 12.9. The highest BCUT2D eigenvalue weighted by Crippen LogP contribution is 2.38. The third-order valence-electron chi connectivity index (χ3n) is 5.81. The highest BCUT2D eigenvalue weighted by Gasteiger charge is 2.38. The number of hydrogen-bond acceptors (Lipinski definition) is 9. The van der Waals surface area contributed by atoms with Crippen molar-refractivity contribution in [1.29, 1.82) is 0 Å². The van der Waals surface area contributed by atoms with Crippen molar-refractivity contribution in [2.24, 2.45) is 5.16 Å². The Morgan fingerprint density at radius 3 is 2.80 bits per heavy atom. The second-order valence-corrected chi connectivity index (χ2v) is 8.82. The molecule has 1 aromatic carbocycles. The number of phenolic OH excluding ortho intramolecular Hbond substituents is 2. The summed E-state index contributed by atoms with van der Waals surface area (Å²) in [5.74, 6) is -1.89. The predicted molar refractivity (Wildman–Crippen MR) is 126 cm³/mol. The van der Waals surface area contributed by atoms with Gasteiger partial charge in [0.2, 0.25) is 0 Å². The number of carbonyl (C=O) groups is 2. The molecule has 3 atom stereocenters. The van der Waals surface area contributed by atoms with E-state index >= 15 is 0 Å². The number of aromatic hydroxyl groups is 2. The van der Waals surface area contributed by atoms with Crippen LogP contribution in [0, 0.1) is 0 Å². The minimum absolute atomic E-state index is 0.0791. The molecule has 0 unspecified atom stereocenters. The topological polar surface area (TPSA) is 130 Å². The van der Waals surface area contributed by atoms with Crippen molar-refractivity contribution in [2.45, 2.75) is 38.1 Å². The zero-order valence-corrected chi connectivity index (χ0v) is 19.9. The molecule has 0 bridgehead atoms. The van der Waals surface area contributed by atoms with Gasteiger partial charge in [0.1, 0.15) is 29.3 Å². The van der Waals surface area contributed by atoms with E-state index in [4.69, 9.17) is 30.6 Å². The van der Waals surface area contributed by atoms with Crippen molar-refractivity contribution in [1.82, 2.24) is 4.90 Å². The lowest BCUT2D eigenvalue weighted by Gasteiger charge is -2.26. The van der Waals surface area contributed by atoms with Gasteiger partial charge >= 0.3 is 5.97 Å². The first-order valence-electron chi connectivity index (χ1n) is 11.3. The molecule has 0 aromatic heterocycles. The zero-order chi connectivity index (χ0) is 24.9. The van der Waals surface area contributed by atoms with E-state index in [1.54, 1.807) is 30.1 Å². The normalized spacial score (nSPS) is 27.7. The van der Waals surface area contributed by atoms with Crippen LogP contribution in [0.15, 0.2) is 35.5 Å². The fraction of sp³-hybridized carbons (Fsp3) is 0.458. The van der Waals surface area contributed by atoms with E-state index in [9.17, 15) is 19.8 Å². The van der Waals surface area contributed by atoms with Crippen molar-refractivity contribution in [2.75, 3.05) is 32.9 Å². The molecule has 2 N–H and O–H groups in total. The molecule has 4 rings (SSSR count). The second-order valence-electron chi connectivity index (χ2n) is 8.44. The molecular weight excluding hydrogens is 480 g/mol. The summed E-state index contributed by atoms with van der Waals surface area (Å²) in [7, 11) is 0. The number of rotatable bonds is 3. The lowest BCUT2D eigenvalue weighted by atomic mass is 9.99. The number of cyclic esters (lactones) is 1. The van der Waals surface area contributed by atoms with E-state index in [2.05, 4.69) is 5.16 Å². The molecule has 2 saturated heterocycles. The van der Waals surface area contributed by atoms with Crippen LogP contribution in [0.3, 0.4) is 0 Å². The SMILES string of the molecule is C[C@@H]1C[C@H]2O[C@@H]2/C=C/C=C/C(=N\OCC(=O)N2CCOCC2)Cc2c(Cl)c(O)cc(O)c2C(=O)O1. The molecule has 10 nitrogen and oxygen atoms in total. The number of hydrogen-bond donors (Lipinski definition) is 2. The third-order valence-corrected chi connectivity index (χ3v) is 6.23. The summed E-state index contributed by atoms with van der Waals surface area (Å²) in [5.41, 5.74) is 0.240. The summed E-state index contributed by atoms with van der Waals surface area (Å²) in [6, 6.07) is 0.989. The van der Waals surface area contributed by atoms with Gasteiger partial charge in [0.05, 0.1) is 30.1 Å². The molecule has 0 spiro atoms. The summed E-state index contributed by atoms with van der Waals surface area (Å²) < 4.78 is 16.3. The average molecular weight is 507 g/mol. The Hall–Kier alpha value is -3.08. The Kier molecular flexibility index (Phi) is 7.94. The highest BCUT2D eigenvalue weighted by molar-refractivity contribution is 6.33. The number of morpholine rings is 1. The quantitative estimate of drug-likeness (QED) is 0.363. The standard InChI is InChI=1S/C24H27ClN2O8/c1-14-10-20-19(35-20)5-3-2-4-15(26-33-13-21(30)27-6-8-32-9-7-27)11-16-22(24(31)34-14)17(28)12-18(29)23(16)25/h2-5,12,14,19-20,28-29H,6-11,13H2,1H3/b4-2+,5-3+,26-15+/t14-,19-,20-/m1/s1. The van der Waals surface area contributed by atoms with Gasteiger partial charge in [0.25, 0.3) is 5.91 Å².